The Bertz CT molecular complexity index is 666. The maximum Gasteiger partial charge on any atom is 0.409 e. The number of imidazole rings is 1. The zero-order valence-corrected chi connectivity index (χ0v) is 13.2. The topological polar surface area (TPSA) is 61.5 Å². The van der Waals surface area contributed by atoms with E-state index < -0.39 is 0 Å². The van der Waals surface area contributed by atoms with Crippen LogP contribution in [0.15, 0.2) is 24.3 Å². The molecule has 23 heavy (non-hydrogen) atoms. The molecule has 0 radical (unpaired) electrons. The van der Waals surface area contributed by atoms with E-state index in [0.29, 0.717) is 12.5 Å². The Balaban J connectivity index is 1.39. The fraction of sp³-hybridized carbons (Fsp3) is 0.529. The second-order valence-corrected chi connectivity index (χ2v) is 6.38. The quantitative estimate of drug-likeness (QED) is 0.940. The van der Waals surface area contributed by atoms with Crippen LogP contribution < -0.4 is 0 Å². The van der Waals surface area contributed by atoms with Gasteiger partial charge in [-0.05, 0) is 31.5 Å². The van der Waals surface area contributed by atoms with E-state index in [9.17, 15) is 4.79 Å². The second-order valence-electron chi connectivity index (χ2n) is 6.38. The molecule has 2 aliphatic heterocycles. The van der Waals surface area contributed by atoms with Crippen LogP contribution in [0, 0.1) is 0 Å². The van der Waals surface area contributed by atoms with Crippen molar-refractivity contribution in [1.29, 1.82) is 0 Å². The summed E-state index contributed by atoms with van der Waals surface area (Å²) in [7, 11) is 0. The number of nitrogens with one attached hydrogen (secondary N) is 1. The van der Waals surface area contributed by atoms with Crippen molar-refractivity contribution in [2.75, 3.05) is 39.3 Å². The SMILES string of the molecule is O=C1OCCN1CCN1CCCC(c2nc3ccccc3[nH]2)C1. The van der Waals surface area contributed by atoms with Gasteiger partial charge in [0.25, 0.3) is 0 Å². The van der Waals surface area contributed by atoms with Crippen LogP contribution in [0.2, 0.25) is 0 Å². The summed E-state index contributed by atoms with van der Waals surface area (Å²) in [4.78, 5) is 24.0. The lowest BCUT2D eigenvalue weighted by molar-refractivity contribution is 0.148. The molecule has 2 aliphatic rings. The largest absolute Gasteiger partial charge is 0.448 e. The summed E-state index contributed by atoms with van der Waals surface area (Å²) in [6.45, 7) is 5.01. The number of amides is 1. The smallest absolute Gasteiger partial charge is 0.409 e. The van der Waals surface area contributed by atoms with Gasteiger partial charge in [-0.25, -0.2) is 9.78 Å². The van der Waals surface area contributed by atoms with Crippen LogP contribution in [0.3, 0.4) is 0 Å². The van der Waals surface area contributed by atoms with Gasteiger partial charge in [0.15, 0.2) is 0 Å². The first-order chi connectivity index (χ1) is 11.3. The lowest BCUT2D eigenvalue weighted by atomic mass is 9.97. The number of carbonyl (C=O) groups is 1. The number of hydrogen-bond acceptors (Lipinski definition) is 4. The van der Waals surface area contributed by atoms with Crippen LogP contribution in [0.4, 0.5) is 4.79 Å². The number of aromatic amines is 1. The number of fused-ring (bicyclic) bond motifs is 1. The van der Waals surface area contributed by atoms with Gasteiger partial charge in [0.1, 0.15) is 12.4 Å². The average Bonchev–Trinajstić information content (AvgIpc) is 3.19. The van der Waals surface area contributed by atoms with E-state index in [1.54, 1.807) is 4.90 Å². The van der Waals surface area contributed by atoms with Crippen LogP contribution in [-0.4, -0.2) is 65.2 Å². The van der Waals surface area contributed by atoms with Crippen LogP contribution in [0.5, 0.6) is 0 Å². The van der Waals surface area contributed by atoms with Crippen molar-refractivity contribution in [1.82, 2.24) is 19.8 Å². The Morgan fingerprint density at radius 3 is 3.00 bits per heavy atom. The fourth-order valence-corrected chi connectivity index (χ4v) is 3.54. The molecule has 1 unspecified atom stereocenters. The molecule has 2 aromatic rings. The van der Waals surface area contributed by atoms with Crippen molar-refractivity contribution in [3.8, 4) is 0 Å². The highest BCUT2D eigenvalue weighted by Crippen LogP contribution is 2.26. The first-order valence-corrected chi connectivity index (χ1v) is 8.38. The highest BCUT2D eigenvalue weighted by molar-refractivity contribution is 5.74. The molecule has 4 rings (SSSR count). The van der Waals surface area contributed by atoms with Gasteiger partial charge >= 0.3 is 6.09 Å². The summed E-state index contributed by atoms with van der Waals surface area (Å²) in [6, 6.07) is 8.18. The number of nitrogens with zero attached hydrogens (tertiary/aromatic N) is 3. The van der Waals surface area contributed by atoms with Crippen molar-refractivity contribution in [2.45, 2.75) is 18.8 Å². The molecular weight excluding hydrogens is 292 g/mol. The van der Waals surface area contributed by atoms with E-state index in [1.807, 2.05) is 12.1 Å². The summed E-state index contributed by atoms with van der Waals surface area (Å²) in [5, 5.41) is 0. The zero-order valence-electron chi connectivity index (χ0n) is 13.2. The molecule has 1 aromatic heterocycles. The Morgan fingerprint density at radius 1 is 1.26 bits per heavy atom. The Morgan fingerprint density at radius 2 is 2.17 bits per heavy atom. The molecule has 2 fully saturated rings. The molecule has 6 heteroatoms. The van der Waals surface area contributed by atoms with Crippen LogP contribution in [0.1, 0.15) is 24.6 Å². The molecule has 0 aliphatic carbocycles. The first-order valence-electron chi connectivity index (χ1n) is 8.38. The Labute approximate surface area is 135 Å². The molecule has 1 atom stereocenters. The number of para-hydroxylation sites is 2. The van der Waals surface area contributed by atoms with Gasteiger partial charge in [-0.2, -0.15) is 0 Å². The number of piperidine rings is 1. The number of rotatable bonds is 4. The van der Waals surface area contributed by atoms with Gasteiger partial charge in [0.2, 0.25) is 0 Å². The molecule has 0 saturated carbocycles. The monoisotopic (exact) mass is 314 g/mol. The van der Waals surface area contributed by atoms with E-state index in [-0.39, 0.29) is 6.09 Å². The minimum atomic E-state index is -0.171. The second kappa shape index (κ2) is 6.20. The van der Waals surface area contributed by atoms with Crippen molar-refractivity contribution in [3.05, 3.63) is 30.1 Å². The minimum Gasteiger partial charge on any atom is -0.448 e. The van der Waals surface area contributed by atoms with Crippen molar-refractivity contribution in [3.63, 3.8) is 0 Å². The molecule has 3 heterocycles. The number of cyclic esters (lactones) is 1. The number of likely N-dealkylation sites (tertiary alicyclic amines) is 1. The number of hydrogen-bond donors (Lipinski definition) is 1. The van der Waals surface area contributed by atoms with Gasteiger partial charge in [-0.15, -0.1) is 0 Å². The van der Waals surface area contributed by atoms with Crippen molar-refractivity contribution < 1.29 is 9.53 Å². The maximum absolute atomic E-state index is 11.5. The number of benzene rings is 1. The van der Waals surface area contributed by atoms with E-state index in [1.165, 1.54) is 12.8 Å². The number of carbonyl (C=O) groups excluding carboxylic acids is 1. The molecular formula is C17H22N4O2. The molecule has 1 N–H and O–H groups in total. The zero-order chi connectivity index (χ0) is 15.6. The van der Waals surface area contributed by atoms with E-state index in [4.69, 9.17) is 9.72 Å². The van der Waals surface area contributed by atoms with E-state index in [0.717, 1.165) is 49.6 Å². The summed E-state index contributed by atoms with van der Waals surface area (Å²) in [5.41, 5.74) is 2.15. The molecule has 0 bridgehead atoms. The number of aromatic nitrogens is 2. The van der Waals surface area contributed by atoms with Crippen LogP contribution >= 0.6 is 0 Å². The van der Waals surface area contributed by atoms with E-state index >= 15 is 0 Å². The summed E-state index contributed by atoms with van der Waals surface area (Å²) >= 11 is 0. The average molecular weight is 314 g/mol. The van der Waals surface area contributed by atoms with E-state index in [2.05, 4.69) is 22.0 Å². The first kappa shape index (κ1) is 14.5. The fourth-order valence-electron chi connectivity index (χ4n) is 3.54. The third kappa shape index (κ3) is 3.03. The third-order valence-corrected chi connectivity index (χ3v) is 4.83. The van der Waals surface area contributed by atoms with Gasteiger partial charge in [-0.3, -0.25) is 0 Å². The van der Waals surface area contributed by atoms with Crippen molar-refractivity contribution >= 4 is 17.1 Å². The van der Waals surface area contributed by atoms with Gasteiger partial charge in [-0.1, -0.05) is 12.1 Å². The van der Waals surface area contributed by atoms with Gasteiger partial charge in [0, 0.05) is 25.6 Å². The lowest BCUT2D eigenvalue weighted by Gasteiger charge is -2.32. The van der Waals surface area contributed by atoms with Gasteiger partial charge in [0.05, 0.1) is 17.6 Å². The maximum atomic E-state index is 11.5. The molecule has 2 saturated heterocycles. The molecule has 122 valence electrons. The standard InChI is InChI=1S/C17H22N4O2/c22-17-21(10-11-23-17)9-8-20-7-3-4-13(12-20)16-18-14-5-1-2-6-15(14)19-16/h1-2,5-6,13H,3-4,7-12H2,(H,18,19). The number of H-pyrrole nitrogens is 1. The third-order valence-electron chi connectivity index (χ3n) is 4.83. The summed E-state index contributed by atoms with van der Waals surface area (Å²) in [6.07, 6.45) is 2.17. The minimum absolute atomic E-state index is 0.171. The number of ether oxygens (including phenoxy) is 1. The van der Waals surface area contributed by atoms with Gasteiger partial charge < -0.3 is 19.5 Å². The van der Waals surface area contributed by atoms with Crippen LogP contribution in [0.25, 0.3) is 11.0 Å². The van der Waals surface area contributed by atoms with Crippen molar-refractivity contribution in [2.24, 2.45) is 0 Å². The normalized spacial score (nSPS) is 22.7. The molecule has 6 nitrogen and oxygen atoms in total. The Kier molecular flexibility index (Phi) is 3.91. The lowest BCUT2D eigenvalue weighted by Crippen LogP contribution is -2.40. The predicted octanol–water partition coefficient (Wildman–Crippen LogP) is 2.19. The highest BCUT2D eigenvalue weighted by Gasteiger charge is 2.26. The molecule has 0 spiro atoms. The Hall–Kier alpha value is -2.08. The highest BCUT2D eigenvalue weighted by atomic mass is 16.6. The predicted molar refractivity (Wildman–Crippen MR) is 87.4 cm³/mol. The van der Waals surface area contributed by atoms with Crippen LogP contribution in [-0.2, 0) is 4.74 Å². The summed E-state index contributed by atoms with van der Waals surface area (Å²) < 4.78 is 4.98. The summed E-state index contributed by atoms with van der Waals surface area (Å²) in [5.74, 6) is 1.54. The molecule has 1 aromatic carbocycles. The molecule has 1 amide bonds.